The zero-order valence-electron chi connectivity index (χ0n) is 10.4. The average molecular weight is 256 g/mol. The molecule has 1 aromatic rings. The van der Waals surface area contributed by atoms with Gasteiger partial charge < -0.3 is 4.74 Å². The molecule has 0 radical (unpaired) electrons. The summed E-state index contributed by atoms with van der Waals surface area (Å²) in [4.78, 5) is 35.7. The maximum atomic E-state index is 12.5. The molecule has 1 aromatic carbocycles. The molecule has 0 saturated carbocycles. The van der Waals surface area contributed by atoms with Crippen LogP contribution in [0.15, 0.2) is 30.3 Å². The summed E-state index contributed by atoms with van der Waals surface area (Å²) in [5.41, 5.74) is 0.246. The van der Waals surface area contributed by atoms with E-state index in [4.69, 9.17) is 4.74 Å². The van der Waals surface area contributed by atoms with Crippen molar-refractivity contribution in [3.8, 4) is 0 Å². The lowest BCUT2D eigenvalue weighted by molar-refractivity contribution is -0.143. The van der Waals surface area contributed by atoms with Crippen molar-refractivity contribution in [3.05, 3.63) is 41.5 Å². The molecule has 0 aromatic heterocycles. The van der Waals surface area contributed by atoms with Crippen LogP contribution in [0.5, 0.6) is 0 Å². The molecule has 1 saturated heterocycles. The number of carbonyl (C=O) groups excluding carboxylic acids is 3. The number of hydrogen-bond acceptors (Lipinski definition) is 4. The molecular formula is C15H12O4. The third kappa shape index (κ3) is 1.63. The van der Waals surface area contributed by atoms with E-state index in [2.05, 4.69) is 0 Å². The lowest BCUT2D eigenvalue weighted by atomic mass is 9.78. The molecule has 1 fully saturated rings. The number of hydrogen-bond donors (Lipinski definition) is 0. The predicted octanol–water partition coefficient (Wildman–Crippen LogP) is 1.93. The molecule has 3 rings (SSSR count). The summed E-state index contributed by atoms with van der Waals surface area (Å²) in [6.45, 7) is 1.45. The minimum absolute atomic E-state index is 0.137. The maximum Gasteiger partial charge on any atom is 0.307 e. The summed E-state index contributed by atoms with van der Waals surface area (Å²) >= 11 is 0. The Bertz CT molecular complexity index is 641. The second-order valence-electron chi connectivity index (χ2n) is 4.85. The van der Waals surface area contributed by atoms with Crippen molar-refractivity contribution in [1.29, 1.82) is 0 Å². The molecule has 0 N–H and O–H groups in total. The number of rotatable bonds is 1. The van der Waals surface area contributed by atoms with Gasteiger partial charge in [-0.15, -0.1) is 0 Å². The number of ketones is 2. The lowest BCUT2D eigenvalue weighted by Gasteiger charge is -2.29. The van der Waals surface area contributed by atoms with Gasteiger partial charge in [-0.2, -0.15) is 0 Å². The Kier molecular flexibility index (Phi) is 2.42. The Morgan fingerprint density at radius 2 is 1.89 bits per heavy atom. The zero-order valence-corrected chi connectivity index (χ0v) is 10.4. The summed E-state index contributed by atoms with van der Waals surface area (Å²) in [5, 5.41) is 0. The van der Waals surface area contributed by atoms with Crippen LogP contribution in [0.4, 0.5) is 0 Å². The second kappa shape index (κ2) is 3.88. The highest BCUT2D eigenvalue weighted by atomic mass is 16.6. The fourth-order valence-corrected chi connectivity index (χ4v) is 2.67. The smallest absolute Gasteiger partial charge is 0.307 e. The maximum absolute atomic E-state index is 12.5. The number of Topliss-reactive ketones (excluding diaryl/α,β-unsaturated/α-hetero) is 2. The van der Waals surface area contributed by atoms with E-state index >= 15 is 0 Å². The number of esters is 1. The van der Waals surface area contributed by atoms with Crippen molar-refractivity contribution < 1.29 is 19.1 Å². The second-order valence-corrected chi connectivity index (χ2v) is 4.85. The standard InChI is InChI=1S/C15H12O4/c1-9(16)12-8-15(7-6-13(17)19-15)14(18)11-5-3-2-4-10(11)12/h2-5,8H,6-7H2,1H3/t15-/m1/s1. The van der Waals surface area contributed by atoms with Gasteiger partial charge in [0.25, 0.3) is 0 Å². The Morgan fingerprint density at radius 3 is 2.47 bits per heavy atom. The van der Waals surface area contributed by atoms with E-state index in [1.807, 2.05) is 0 Å². The predicted molar refractivity (Wildman–Crippen MR) is 67.5 cm³/mol. The van der Waals surface area contributed by atoms with E-state index in [9.17, 15) is 14.4 Å². The highest BCUT2D eigenvalue weighted by molar-refractivity contribution is 6.26. The topological polar surface area (TPSA) is 60.4 Å². The van der Waals surface area contributed by atoms with Gasteiger partial charge in [-0.05, 0) is 18.6 Å². The average Bonchev–Trinajstić information content (AvgIpc) is 2.76. The van der Waals surface area contributed by atoms with E-state index in [1.165, 1.54) is 13.0 Å². The number of benzene rings is 1. The molecule has 96 valence electrons. The quantitative estimate of drug-likeness (QED) is 0.720. The largest absolute Gasteiger partial charge is 0.446 e. The van der Waals surface area contributed by atoms with Crippen LogP contribution in [0.1, 0.15) is 35.7 Å². The van der Waals surface area contributed by atoms with E-state index in [-0.39, 0.29) is 18.0 Å². The SMILES string of the molecule is CC(=O)C1=C[C@]2(CCC(=O)O2)C(=O)c2ccccc21. The van der Waals surface area contributed by atoms with E-state index in [0.717, 1.165) is 0 Å². The van der Waals surface area contributed by atoms with Crippen molar-refractivity contribution in [1.82, 2.24) is 0 Å². The highest BCUT2D eigenvalue weighted by Crippen LogP contribution is 2.40. The fourth-order valence-electron chi connectivity index (χ4n) is 2.67. The Labute approximate surface area is 110 Å². The first-order valence-electron chi connectivity index (χ1n) is 6.13. The zero-order chi connectivity index (χ0) is 13.6. The van der Waals surface area contributed by atoms with Crippen molar-refractivity contribution in [3.63, 3.8) is 0 Å². The number of ether oxygens (including phenoxy) is 1. The highest BCUT2D eigenvalue weighted by Gasteiger charge is 2.49. The summed E-state index contributed by atoms with van der Waals surface area (Å²) in [5.74, 6) is -0.770. The van der Waals surface area contributed by atoms with Crippen molar-refractivity contribution >= 4 is 23.1 Å². The minimum atomic E-state index is -1.27. The van der Waals surface area contributed by atoms with E-state index in [1.54, 1.807) is 24.3 Å². The van der Waals surface area contributed by atoms with Gasteiger partial charge in [0.2, 0.25) is 5.78 Å². The molecule has 4 nitrogen and oxygen atoms in total. The number of allylic oxidation sites excluding steroid dienone is 1. The summed E-state index contributed by atoms with van der Waals surface area (Å²) in [6, 6.07) is 6.93. The van der Waals surface area contributed by atoms with Crippen LogP contribution in [0.25, 0.3) is 5.57 Å². The first kappa shape index (κ1) is 11.8. The van der Waals surface area contributed by atoms with Crippen LogP contribution >= 0.6 is 0 Å². The summed E-state index contributed by atoms with van der Waals surface area (Å²) in [7, 11) is 0. The minimum Gasteiger partial charge on any atom is -0.446 e. The molecule has 1 aliphatic carbocycles. The first-order valence-corrected chi connectivity index (χ1v) is 6.13. The van der Waals surface area contributed by atoms with Crippen LogP contribution in [-0.2, 0) is 14.3 Å². The van der Waals surface area contributed by atoms with Crippen molar-refractivity contribution in [2.75, 3.05) is 0 Å². The van der Waals surface area contributed by atoms with Gasteiger partial charge in [-0.25, -0.2) is 0 Å². The van der Waals surface area contributed by atoms with E-state index < -0.39 is 11.6 Å². The van der Waals surface area contributed by atoms with Crippen molar-refractivity contribution in [2.45, 2.75) is 25.4 Å². The fraction of sp³-hybridized carbons (Fsp3) is 0.267. The van der Waals surface area contributed by atoms with Crippen LogP contribution in [0.3, 0.4) is 0 Å². The molecule has 1 aliphatic heterocycles. The third-order valence-corrected chi connectivity index (χ3v) is 3.60. The normalized spacial score (nSPS) is 25.0. The molecule has 1 atom stereocenters. The van der Waals surface area contributed by atoms with Crippen LogP contribution < -0.4 is 0 Å². The molecule has 0 unspecified atom stereocenters. The molecule has 2 aliphatic rings. The molecule has 1 spiro atoms. The van der Waals surface area contributed by atoms with Gasteiger partial charge in [0.15, 0.2) is 11.4 Å². The molecule has 1 heterocycles. The van der Waals surface area contributed by atoms with Gasteiger partial charge in [-0.3, -0.25) is 14.4 Å². The summed E-state index contributed by atoms with van der Waals surface area (Å²) < 4.78 is 5.22. The third-order valence-electron chi connectivity index (χ3n) is 3.60. The molecule has 0 amide bonds. The van der Waals surface area contributed by atoms with Crippen molar-refractivity contribution in [2.24, 2.45) is 0 Å². The Morgan fingerprint density at radius 1 is 1.21 bits per heavy atom. The van der Waals surface area contributed by atoms with E-state index in [0.29, 0.717) is 23.1 Å². The van der Waals surface area contributed by atoms with Gasteiger partial charge in [0.05, 0.1) is 6.42 Å². The number of fused-ring (bicyclic) bond motifs is 1. The summed E-state index contributed by atoms with van der Waals surface area (Å²) in [6.07, 6.45) is 2.02. The molecule has 0 bridgehead atoms. The molecule has 19 heavy (non-hydrogen) atoms. The Hall–Kier alpha value is -2.23. The first-order chi connectivity index (χ1) is 9.03. The monoisotopic (exact) mass is 256 g/mol. The lowest BCUT2D eigenvalue weighted by Crippen LogP contribution is -2.40. The molecule has 4 heteroatoms. The van der Waals surface area contributed by atoms with Gasteiger partial charge in [-0.1, -0.05) is 24.3 Å². The Balaban J connectivity index is 2.23. The van der Waals surface area contributed by atoms with Crippen LogP contribution in [0, 0.1) is 0 Å². The van der Waals surface area contributed by atoms with Crippen LogP contribution in [-0.4, -0.2) is 23.1 Å². The van der Waals surface area contributed by atoms with Gasteiger partial charge in [0.1, 0.15) is 0 Å². The van der Waals surface area contributed by atoms with Gasteiger partial charge >= 0.3 is 5.97 Å². The van der Waals surface area contributed by atoms with Gasteiger partial charge in [0, 0.05) is 17.6 Å². The molecular weight excluding hydrogens is 244 g/mol. The van der Waals surface area contributed by atoms with Crippen LogP contribution in [0.2, 0.25) is 0 Å². The number of carbonyl (C=O) groups is 3.